The predicted molar refractivity (Wildman–Crippen MR) is 90.5 cm³/mol. The van der Waals surface area contributed by atoms with Gasteiger partial charge in [-0.05, 0) is 18.2 Å². The highest BCUT2D eigenvalue weighted by Gasteiger charge is 2.31. The van der Waals surface area contributed by atoms with Gasteiger partial charge in [-0.2, -0.15) is 0 Å². The van der Waals surface area contributed by atoms with Gasteiger partial charge in [0.2, 0.25) is 11.8 Å². The normalized spacial score (nSPS) is 23.9. The average Bonchev–Trinajstić information content (AvgIpc) is 2.63. The van der Waals surface area contributed by atoms with Crippen LogP contribution < -0.4 is 16.0 Å². The van der Waals surface area contributed by atoms with Gasteiger partial charge in [-0.15, -0.1) is 0 Å². The molecule has 2 fully saturated rings. The summed E-state index contributed by atoms with van der Waals surface area (Å²) in [5.74, 6) is -1.69. The van der Waals surface area contributed by atoms with Crippen molar-refractivity contribution in [3.63, 3.8) is 0 Å². The zero-order valence-corrected chi connectivity index (χ0v) is 14.5. The Kier molecular flexibility index (Phi) is 6.30. The maximum Gasteiger partial charge on any atom is 0.266 e. The number of hydrogen-bond acceptors (Lipinski definition) is 5. The van der Waals surface area contributed by atoms with Crippen LogP contribution >= 0.6 is 0 Å². The van der Waals surface area contributed by atoms with Crippen LogP contribution in [0.4, 0.5) is 18.9 Å². The molecule has 27 heavy (non-hydrogen) atoms. The summed E-state index contributed by atoms with van der Waals surface area (Å²) in [6.45, 7) is 2.55. The second kappa shape index (κ2) is 8.68. The minimum absolute atomic E-state index is 0.0727. The molecule has 1 aromatic rings. The monoisotopic (exact) mass is 386 g/mol. The first-order valence-corrected chi connectivity index (χ1v) is 8.67. The van der Waals surface area contributed by atoms with E-state index in [1.807, 2.05) is 0 Å². The van der Waals surface area contributed by atoms with E-state index in [0.29, 0.717) is 26.3 Å². The van der Waals surface area contributed by atoms with Crippen molar-refractivity contribution in [3.05, 3.63) is 29.6 Å². The van der Waals surface area contributed by atoms with E-state index in [1.165, 1.54) is 6.07 Å². The summed E-state index contributed by atoms with van der Waals surface area (Å²) in [7, 11) is 0. The van der Waals surface area contributed by atoms with Crippen LogP contribution in [-0.4, -0.2) is 55.3 Å². The van der Waals surface area contributed by atoms with Crippen LogP contribution in [0.1, 0.15) is 24.8 Å². The molecular weight excluding hydrogens is 365 g/mol. The van der Waals surface area contributed by atoms with Crippen molar-refractivity contribution in [1.82, 2.24) is 15.5 Å². The van der Waals surface area contributed by atoms with Crippen LogP contribution in [0, 0.1) is 5.82 Å². The predicted octanol–water partition coefficient (Wildman–Crippen LogP) is 1.19. The van der Waals surface area contributed by atoms with Gasteiger partial charge in [0.15, 0.2) is 0 Å². The van der Waals surface area contributed by atoms with Crippen molar-refractivity contribution in [2.24, 2.45) is 0 Å². The third-order valence-electron chi connectivity index (χ3n) is 4.50. The van der Waals surface area contributed by atoms with Gasteiger partial charge in [0, 0.05) is 18.8 Å². The number of carbonyl (C=O) groups excluding carboxylic acids is 2. The lowest BCUT2D eigenvalue weighted by molar-refractivity contribution is -0.128. The van der Waals surface area contributed by atoms with Gasteiger partial charge in [-0.25, -0.2) is 13.2 Å². The van der Waals surface area contributed by atoms with Crippen molar-refractivity contribution in [3.8, 4) is 0 Å². The van der Waals surface area contributed by atoms with Crippen LogP contribution in [0.25, 0.3) is 0 Å². The lowest BCUT2D eigenvalue weighted by Gasteiger charge is -2.40. The lowest BCUT2D eigenvalue weighted by Crippen LogP contribution is -2.63. The quantitative estimate of drug-likeness (QED) is 0.708. The molecule has 0 aliphatic carbocycles. The second-order valence-corrected chi connectivity index (χ2v) is 6.44. The lowest BCUT2D eigenvalue weighted by atomic mass is 10.1. The van der Waals surface area contributed by atoms with Crippen LogP contribution in [0.3, 0.4) is 0 Å². The Morgan fingerprint density at radius 1 is 1.33 bits per heavy atom. The summed E-state index contributed by atoms with van der Waals surface area (Å²) < 4.78 is 44.1. The molecular formula is C17H21F3N4O3. The minimum atomic E-state index is -2.98. The largest absolute Gasteiger partial charge is 0.379 e. The van der Waals surface area contributed by atoms with Gasteiger partial charge in [0.05, 0.1) is 44.0 Å². The molecule has 2 amide bonds. The van der Waals surface area contributed by atoms with Gasteiger partial charge in [-0.1, -0.05) is 0 Å². The third kappa shape index (κ3) is 5.18. The van der Waals surface area contributed by atoms with Crippen LogP contribution in [0.5, 0.6) is 0 Å². The molecule has 0 aromatic heterocycles. The van der Waals surface area contributed by atoms with E-state index in [4.69, 9.17) is 4.74 Å². The molecule has 0 spiro atoms. The number of carbonyl (C=O) groups is 2. The van der Waals surface area contributed by atoms with Crippen molar-refractivity contribution >= 4 is 17.5 Å². The first kappa shape index (κ1) is 19.6. The Balaban J connectivity index is 1.58. The van der Waals surface area contributed by atoms with Crippen molar-refractivity contribution in [2.45, 2.75) is 31.6 Å². The fourth-order valence-corrected chi connectivity index (χ4v) is 3.18. The van der Waals surface area contributed by atoms with E-state index in [1.54, 1.807) is 0 Å². The number of nitrogens with one attached hydrogen (secondary N) is 3. The Hall–Kier alpha value is -2.17. The zero-order valence-electron chi connectivity index (χ0n) is 14.5. The Morgan fingerprint density at radius 2 is 2.07 bits per heavy atom. The Labute approximate surface area is 154 Å². The van der Waals surface area contributed by atoms with Gasteiger partial charge in [0.25, 0.3) is 6.43 Å². The number of nitrogens with zero attached hydrogens (tertiary/aromatic N) is 1. The summed E-state index contributed by atoms with van der Waals surface area (Å²) in [5, 5.41) is 8.36. The first-order valence-electron chi connectivity index (χ1n) is 8.67. The number of morpholine rings is 1. The molecule has 0 bridgehead atoms. The van der Waals surface area contributed by atoms with Crippen molar-refractivity contribution in [2.75, 3.05) is 31.6 Å². The fourth-order valence-electron chi connectivity index (χ4n) is 3.18. The maximum atomic E-state index is 13.3. The molecule has 7 nitrogen and oxygen atoms in total. The third-order valence-corrected chi connectivity index (χ3v) is 4.50. The van der Waals surface area contributed by atoms with Gasteiger partial charge in [0.1, 0.15) is 5.82 Å². The second-order valence-electron chi connectivity index (χ2n) is 6.44. The summed E-state index contributed by atoms with van der Waals surface area (Å²) in [6.07, 6.45) is -3.58. The summed E-state index contributed by atoms with van der Waals surface area (Å²) in [5.41, 5.74) is -0.701. The molecule has 2 aliphatic heterocycles. The topological polar surface area (TPSA) is 82.7 Å². The SMILES string of the molecule is O=C(CC1NC(=O)CC(N2CCOCC2)N1)Nc1ccc(F)c(C(F)F)c1. The Morgan fingerprint density at radius 3 is 2.78 bits per heavy atom. The molecule has 2 atom stereocenters. The maximum absolute atomic E-state index is 13.3. The standard InChI is InChI=1S/C17H21F3N4O3/c18-12-2-1-10(7-11(12)17(19)20)21-15(25)8-13-22-14(9-16(26)23-13)24-3-5-27-6-4-24/h1-2,7,13-14,17,22H,3-6,8-9H2,(H,21,25)(H,23,26). The number of benzene rings is 1. The van der Waals surface area contributed by atoms with E-state index in [2.05, 4.69) is 20.9 Å². The number of ether oxygens (including phenoxy) is 1. The number of alkyl halides is 2. The molecule has 2 saturated heterocycles. The zero-order chi connectivity index (χ0) is 19.4. The van der Waals surface area contributed by atoms with Gasteiger partial charge >= 0.3 is 0 Å². The van der Waals surface area contributed by atoms with E-state index < -0.39 is 29.9 Å². The smallest absolute Gasteiger partial charge is 0.266 e. The Bertz CT molecular complexity index is 698. The molecule has 0 radical (unpaired) electrons. The van der Waals surface area contributed by atoms with Gasteiger partial charge in [-0.3, -0.25) is 19.8 Å². The summed E-state index contributed by atoms with van der Waals surface area (Å²) >= 11 is 0. The number of hydrogen-bond donors (Lipinski definition) is 3. The fraction of sp³-hybridized carbons (Fsp3) is 0.529. The van der Waals surface area contributed by atoms with E-state index in [9.17, 15) is 22.8 Å². The molecule has 148 valence electrons. The average molecular weight is 386 g/mol. The van der Waals surface area contributed by atoms with Crippen molar-refractivity contribution < 1.29 is 27.5 Å². The summed E-state index contributed by atoms with van der Waals surface area (Å²) in [4.78, 5) is 26.3. The van der Waals surface area contributed by atoms with Crippen LogP contribution in [0.2, 0.25) is 0 Å². The highest BCUT2D eigenvalue weighted by atomic mass is 19.3. The molecule has 0 saturated carbocycles. The first-order chi connectivity index (χ1) is 12.9. The van der Waals surface area contributed by atoms with Crippen LogP contribution in [-0.2, 0) is 14.3 Å². The molecule has 2 heterocycles. The molecule has 2 aliphatic rings. The number of halogens is 3. The van der Waals surface area contributed by atoms with Gasteiger partial charge < -0.3 is 15.4 Å². The van der Waals surface area contributed by atoms with E-state index in [0.717, 1.165) is 12.1 Å². The molecule has 3 N–H and O–H groups in total. The van der Waals surface area contributed by atoms with E-state index in [-0.39, 0.29) is 30.6 Å². The number of rotatable bonds is 5. The number of anilines is 1. The van der Waals surface area contributed by atoms with Crippen LogP contribution in [0.15, 0.2) is 18.2 Å². The molecule has 2 unspecified atom stereocenters. The highest BCUT2D eigenvalue weighted by molar-refractivity contribution is 5.91. The molecule has 1 aromatic carbocycles. The number of amides is 2. The highest BCUT2D eigenvalue weighted by Crippen LogP contribution is 2.25. The molecule has 3 rings (SSSR count). The van der Waals surface area contributed by atoms with Crippen molar-refractivity contribution in [1.29, 1.82) is 0 Å². The molecule has 10 heteroatoms. The van der Waals surface area contributed by atoms with E-state index >= 15 is 0 Å². The summed E-state index contributed by atoms with van der Waals surface area (Å²) in [6, 6.07) is 3.00. The minimum Gasteiger partial charge on any atom is -0.379 e.